The molecule has 0 unspecified atom stereocenters. The number of nitrogens with two attached hydrogens (primary N) is 1. The summed E-state index contributed by atoms with van der Waals surface area (Å²) in [6.45, 7) is 0.706. The summed E-state index contributed by atoms with van der Waals surface area (Å²) >= 11 is 1.73. The van der Waals surface area contributed by atoms with Gasteiger partial charge in [-0.1, -0.05) is 36.4 Å². The standard InChI is InChI=1S/C20H26N2O2S/c1-24-20(23)19(11-13-25-2)22-12-10-16-8-9-17(21)14-18(16)15-6-4-3-5-7-15/h3-9,14,19,22H,10-13,21H2,1-2H3/t19-/m0/s1. The Morgan fingerprint density at radius 2 is 2.00 bits per heavy atom. The maximum atomic E-state index is 11.9. The minimum absolute atomic E-state index is 0.199. The Morgan fingerprint density at radius 3 is 2.68 bits per heavy atom. The number of ether oxygens (including phenoxy) is 1. The molecule has 3 N–H and O–H groups in total. The van der Waals surface area contributed by atoms with Crippen LogP contribution in [0.1, 0.15) is 12.0 Å². The number of methoxy groups -OCH3 is 1. The Bertz CT molecular complexity index is 677. The number of esters is 1. The van der Waals surface area contributed by atoms with Crippen LogP contribution in [0.25, 0.3) is 11.1 Å². The molecule has 0 heterocycles. The normalized spacial score (nSPS) is 11.9. The van der Waals surface area contributed by atoms with Crippen molar-refractivity contribution in [3.05, 3.63) is 54.1 Å². The largest absolute Gasteiger partial charge is 0.468 e. The smallest absolute Gasteiger partial charge is 0.322 e. The molecule has 0 aliphatic rings. The van der Waals surface area contributed by atoms with E-state index in [1.54, 1.807) is 11.8 Å². The highest BCUT2D eigenvalue weighted by atomic mass is 32.2. The van der Waals surface area contributed by atoms with Gasteiger partial charge in [-0.15, -0.1) is 0 Å². The molecular formula is C20H26N2O2S. The summed E-state index contributed by atoms with van der Waals surface area (Å²) in [5, 5.41) is 3.33. The van der Waals surface area contributed by atoms with Gasteiger partial charge < -0.3 is 15.8 Å². The van der Waals surface area contributed by atoms with E-state index in [1.165, 1.54) is 12.7 Å². The molecule has 134 valence electrons. The molecule has 4 nitrogen and oxygen atoms in total. The zero-order valence-electron chi connectivity index (χ0n) is 14.8. The highest BCUT2D eigenvalue weighted by Gasteiger charge is 2.17. The Kier molecular flexibility index (Phi) is 7.82. The van der Waals surface area contributed by atoms with Crippen LogP contribution in [0.4, 0.5) is 5.69 Å². The number of rotatable bonds is 9. The zero-order chi connectivity index (χ0) is 18.1. The van der Waals surface area contributed by atoms with Gasteiger partial charge >= 0.3 is 5.97 Å². The number of hydrogen-bond acceptors (Lipinski definition) is 5. The van der Waals surface area contributed by atoms with Gasteiger partial charge in [-0.25, -0.2) is 0 Å². The molecule has 0 amide bonds. The number of carbonyl (C=O) groups is 1. The lowest BCUT2D eigenvalue weighted by molar-refractivity contribution is -0.143. The van der Waals surface area contributed by atoms with Crippen molar-refractivity contribution in [3.63, 3.8) is 0 Å². The Balaban J connectivity index is 2.06. The van der Waals surface area contributed by atoms with Gasteiger partial charge in [0, 0.05) is 5.69 Å². The van der Waals surface area contributed by atoms with Crippen molar-refractivity contribution in [1.82, 2.24) is 5.32 Å². The molecule has 0 fully saturated rings. The summed E-state index contributed by atoms with van der Waals surface area (Å²) in [7, 11) is 1.43. The van der Waals surface area contributed by atoms with E-state index in [1.807, 2.05) is 36.6 Å². The van der Waals surface area contributed by atoms with Crippen molar-refractivity contribution in [2.24, 2.45) is 0 Å². The average molecular weight is 359 g/mol. The molecule has 5 heteroatoms. The number of nitrogen functional groups attached to an aromatic ring is 1. The highest BCUT2D eigenvalue weighted by molar-refractivity contribution is 7.98. The van der Waals surface area contributed by atoms with Crippen LogP contribution in [-0.2, 0) is 16.0 Å². The van der Waals surface area contributed by atoms with E-state index >= 15 is 0 Å². The predicted octanol–water partition coefficient (Wildman–Crippen LogP) is 3.36. The first-order valence-corrected chi connectivity index (χ1v) is 9.79. The molecule has 0 bridgehead atoms. The monoisotopic (exact) mass is 358 g/mol. The van der Waals surface area contributed by atoms with Gasteiger partial charge in [0.05, 0.1) is 7.11 Å². The van der Waals surface area contributed by atoms with Crippen LogP contribution in [0.15, 0.2) is 48.5 Å². The summed E-state index contributed by atoms with van der Waals surface area (Å²) in [6.07, 6.45) is 3.62. The minimum atomic E-state index is -0.258. The Labute approximate surface area is 154 Å². The van der Waals surface area contributed by atoms with Gasteiger partial charge in [-0.3, -0.25) is 4.79 Å². The van der Waals surface area contributed by atoms with Crippen LogP contribution < -0.4 is 11.1 Å². The van der Waals surface area contributed by atoms with Crippen molar-refractivity contribution < 1.29 is 9.53 Å². The van der Waals surface area contributed by atoms with Crippen molar-refractivity contribution in [1.29, 1.82) is 0 Å². The van der Waals surface area contributed by atoms with Crippen molar-refractivity contribution in [2.75, 3.05) is 31.4 Å². The molecule has 0 aliphatic carbocycles. The first kappa shape index (κ1) is 19.3. The highest BCUT2D eigenvalue weighted by Crippen LogP contribution is 2.26. The molecule has 0 aromatic heterocycles. The van der Waals surface area contributed by atoms with Gasteiger partial charge in [-0.2, -0.15) is 11.8 Å². The number of anilines is 1. The molecule has 0 spiro atoms. The molecule has 0 saturated carbocycles. The SMILES string of the molecule is COC(=O)[C@H](CCSC)NCCc1ccc(N)cc1-c1ccccc1. The van der Waals surface area contributed by atoms with Crippen molar-refractivity contribution >= 4 is 23.4 Å². The molecule has 0 radical (unpaired) electrons. The van der Waals surface area contributed by atoms with E-state index in [9.17, 15) is 4.79 Å². The summed E-state index contributed by atoms with van der Waals surface area (Å²) in [4.78, 5) is 11.9. The second kappa shape index (κ2) is 10.1. The van der Waals surface area contributed by atoms with Crippen LogP contribution >= 0.6 is 11.8 Å². The van der Waals surface area contributed by atoms with E-state index in [4.69, 9.17) is 10.5 Å². The maximum Gasteiger partial charge on any atom is 0.322 e. The molecule has 2 aromatic carbocycles. The Morgan fingerprint density at radius 1 is 1.24 bits per heavy atom. The summed E-state index contributed by atoms with van der Waals surface area (Å²) in [5.74, 6) is 0.721. The second-order valence-corrected chi connectivity index (χ2v) is 6.83. The van der Waals surface area contributed by atoms with Crippen molar-refractivity contribution in [3.8, 4) is 11.1 Å². The lowest BCUT2D eigenvalue weighted by atomic mass is 9.97. The number of hydrogen-bond donors (Lipinski definition) is 2. The van der Waals surface area contributed by atoms with E-state index in [0.29, 0.717) is 6.54 Å². The van der Waals surface area contributed by atoms with E-state index in [2.05, 4.69) is 23.5 Å². The molecule has 25 heavy (non-hydrogen) atoms. The predicted molar refractivity (Wildman–Crippen MR) is 107 cm³/mol. The average Bonchev–Trinajstić information content (AvgIpc) is 2.65. The first-order chi connectivity index (χ1) is 12.2. The Hall–Kier alpha value is -1.98. The third kappa shape index (κ3) is 5.80. The number of nitrogens with one attached hydrogen (secondary N) is 1. The van der Waals surface area contributed by atoms with Gasteiger partial charge in [-0.05, 0) is 60.2 Å². The molecule has 1 atom stereocenters. The lowest BCUT2D eigenvalue weighted by Crippen LogP contribution is -2.39. The fraction of sp³-hybridized carbons (Fsp3) is 0.350. The van der Waals surface area contributed by atoms with E-state index < -0.39 is 0 Å². The van der Waals surface area contributed by atoms with Crippen LogP contribution in [0, 0.1) is 0 Å². The van der Waals surface area contributed by atoms with Crippen molar-refractivity contribution in [2.45, 2.75) is 18.9 Å². The fourth-order valence-corrected chi connectivity index (χ4v) is 3.23. The lowest BCUT2D eigenvalue weighted by Gasteiger charge is -2.17. The zero-order valence-corrected chi connectivity index (χ0v) is 15.6. The third-order valence-corrected chi connectivity index (χ3v) is 4.74. The third-order valence-electron chi connectivity index (χ3n) is 4.10. The van der Waals surface area contributed by atoms with Crippen LogP contribution in [0.2, 0.25) is 0 Å². The molecule has 0 aliphatic heterocycles. The second-order valence-electron chi connectivity index (χ2n) is 5.84. The van der Waals surface area contributed by atoms with Gasteiger partial charge in [0.2, 0.25) is 0 Å². The van der Waals surface area contributed by atoms with Crippen LogP contribution in [-0.4, -0.2) is 37.7 Å². The maximum absolute atomic E-state index is 11.9. The van der Waals surface area contributed by atoms with Gasteiger partial charge in [0.15, 0.2) is 0 Å². The van der Waals surface area contributed by atoms with E-state index in [-0.39, 0.29) is 12.0 Å². The summed E-state index contributed by atoms with van der Waals surface area (Å²) in [6, 6.07) is 16.0. The first-order valence-electron chi connectivity index (χ1n) is 8.39. The number of benzene rings is 2. The summed E-state index contributed by atoms with van der Waals surface area (Å²) in [5.41, 5.74) is 10.2. The van der Waals surface area contributed by atoms with Crippen LogP contribution in [0.3, 0.4) is 0 Å². The van der Waals surface area contributed by atoms with Crippen LogP contribution in [0.5, 0.6) is 0 Å². The molecule has 2 aromatic rings. The fourth-order valence-electron chi connectivity index (χ4n) is 2.76. The van der Waals surface area contributed by atoms with Gasteiger partial charge in [0.25, 0.3) is 0 Å². The summed E-state index contributed by atoms with van der Waals surface area (Å²) < 4.78 is 4.89. The number of thioether (sulfide) groups is 1. The number of carbonyl (C=O) groups excluding carboxylic acids is 1. The molecular weight excluding hydrogens is 332 g/mol. The quantitative estimate of drug-likeness (QED) is 0.531. The topological polar surface area (TPSA) is 64.3 Å². The molecule has 0 saturated heterocycles. The molecule has 2 rings (SSSR count). The van der Waals surface area contributed by atoms with Gasteiger partial charge in [0.1, 0.15) is 6.04 Å². The minimum Gasteiger partial charge on any atom is -0.468 e. The van der Waals surface area contributed by atoms with E-state index in [0.717, 1.165) is 35.4 Å².